The summed E-state index contributed by atoms with van der Waals surface area (Å²) in [5.74, 6) is -2.44. The first-order valence-corrected chi connectivity index (χ1v) is 12.5. The van der Waals surface area contributed by atoms with Gasteiger partial charge in [0.1, 0.15) is 23.9 Å². The number of aromatic nitrogens is 1. The Morgan fingerprint density at radius 2 is 1.68 bits per heavy atom. The zero-order chi connectivity index (χ0) is 29.1. The van der Waals surface area contributed by atoms with E-state index in [1.165, 1.54) is 24.5 Å². The molecule has 1 fully saturated rings. The van der Waals surface area contributed by atoms with Gasteiger partial charge in [-0.25, -0.2) is 0 Å². The molecule has 1 amide bonds. The highest BCUT2D eigenvalue weighted by molar-refractivity contribution is 6.51. The number of aliphatic hydroxyl groups is 1. The molecule has 1 aliphatic rings. The number of carbonyl (C=O) groups excluding carboxylic acids is 2. The molecule has 1 aliphatic heterocycles. The van der Waals surface area contributed by atoms with E-state index in [-0.39, 0.29) is 16.8 Å². The van der Waals surface area contributed by atoms with Crippen LogP contribution in [0.1, 0.15) is 28.3 Å². The van der Waals surface area contributed by atoms with Crippen molar-refractivity contribution in [3.05, 3.63) is 125 Å². The Hall–Kier alpha value is -5.12. The Kier molecular flexibility index (Phi) is 7.47. The fraction of sp³-hybridized carbons (Fsp3) is 0.129. The van der Waals surface area contributed by atoms with E-state index < -0.39 is 35.6 Å². The third kappa shape index (κ3) is 5.91. The van der Waals surface area contributed by atoms with E-state index in [1.54, 1.807) is 37.3 Å². The molecule has 41 heavy (non-hydrogen) atoms. The lowest BCUT2D eigenvalue weighted by molar-refractivity contribution is -0.274. The molecule has 0 saturated carbocycles. The maximum absolute atomic E-state index is 13.4. The molecular weight excluding hydrogens is 537 g/mol. The van der Waals surface area contributed by atoms with Crippen molar-refractivity contribution >= 4 is 23.1 Å². The predicted molar refractivity (Wildman–Crippen MR) is 144 cm³/mol. The highest BCUT2D eigenvalue weighted by Gasteiger charge is 2.47. The summed E-state index contributed by atoms with van der Waals surface area (Å²) in [5.41, 5.74) is 2.09. The molecule has 1 aromatic heterocycles. The van der Waals surface area contributed by atoms with Crippen LogP contribution in [0, 0.1) is 6.92 Å². The molecule has 5 rings (SSSR count). The summed E-state index contributed by atoms with van der Waals surface area (Å²) in [6.45, 7) is 2.11. The smallest absolute Gasteiger partial charge is 0.507 e. The first-order valence-electron chi connectivity index (χ1n) is 12.5. The van der Waals surface area contributed by atoms with Crippen LogP contribution in [0.3, 0.4) is 0 Å². The Morgan fingerprint density at radius 3 is 2.37 bits per heavy atom. The fourth-order valence-corrected chi connectivity index (χ4v) is 4.64. The number of ketones is 1. The lowest BCUT2D eigenvalue weighted by Gasteiger charge is -2.25. The van der Waals surface area contributed by atoms with Crippen LogP contribution in [0.5, 0.6) is 11.5 Å². The summed E-state index contributed by atoms with van der Waals surface area (Å²) in [4.78, 5) is 31.7. The maximum atomic E-state index is 13.4. The minimum atomic E-state index is -4.95. The van der Waals surface area contributed by atoms with Gasteiger partial charge >= 0.3 is 6.36 Å². The molecule has 1 saturated heterocycles. The number of nitrogens with zero attached hydrogens (tertiary/aromatic N) is 2. The summed E-state index contributed by atoms with van der Waals surface area (Å²) in [5, 5.41) is 11.4. The van der Waals surface area contributed by atoms with Crippen molar-refractivity contribution < 1.29 is 37.3 Å². The standard InChI is InChI=1S/C31H23F3N2O5/c1-19-16-22(10-11-25(19)40-18-20-6-3-2-4-7-20)28(37)26-27(21-12-14-35-15-13-21)36(30(39)29(26)38)23-8-5-9-24(17-23)41-31(32,33)34/h2-17,27,37H,18H2,1H3/b28-26+. The molecule has 0 radical (unpaired) electrons. The third-order valence-electron chi connectivity index (χ3n) is 6.48. The molecule has 10 heteroatoms. The normalized spacial score (nSPS) is 16.6. The van der Waals surface area contributed by atoms with E-state index >= 15 is 0 Å². The van der Waals surface area contributed by atoms with Gasteiger partial charge in [0.05, 0.1) is 11.6 Å². The summed E-state index contributed by atoms with van der Waals surface area (Å²) >= 11 is 0. The highest BCUT2D eigenvalue weighted by Crippen LogP contribution is 2.43. The molecule has 208 valence electrons. The van der Waals surface area contributed by atoms with Crippen LogP contribution in [0.15, 0.2) is 103 Å². The maximum Gasteiger partial charge on any atom is 0.573 e. The van der Waals surface area contributed by atoms with Gasteiger partial charge in [0.15, 0.2) is 0 Å². The number of aliphatic hydroxyl groups excluding tert-OH is 1. The molecule has 7 nitrogen and oxygen atoms in total. The van der Waals surface area contributed by atoms with Crippen LogP contribution in [0.4, 0.5) is 18.9 Å². The number of halogens is 3. The Balaban J connectivity index is 1.54. The Bertz CT molecular complexity index is 1620. The Morgan fingerprint density at radius 1 is 0.951 bits per heavy atom. The Labute approximate surface area is 233 Å². The van der Waals surface area contributed by atoms with Gasteiger partial charge in [-0.2, -0.15) is 0 Å². The number of amides is 1. The summed E-state index contributed by atoms with van der Waals surface area (Å²) < 4.78 is 48.5. The molecule has 4 aromatic rings. The van der Waals surface area contributed by atoms with E-state index in [0.717, 1.165) is 22.6 Å². The second-order valence-electron chi connectivity index (χ2n) is 9.25. The van der Waals surface area contributed by atoms with Gasteiger partial charge in [-0.15, -0.1) is 13.2 Å². The minimum absolute atomic E-state index is 0.0180. The van der Waals surface area contributed by atoms with E-state index in [2.05, 4.69) is 9.72 Å². The van der Waals surface area contributed by atoms with E-state index in [1.807, 2.05) is 30.3 Å². The summed E-state index contributed by atoms with van der Waals surface area (Å²) in [7, 11) is 0. The number of benzene rings is 3. The van der Waals surface area contributed by atoms with Crippen LogP contribution < -0.4 is 14.4 Å². The number of rotatable bonds is 7. The molecule has 0 aliphatic carbocycles. The number of hydrogen-bond acceptors (Lipinski definition) is 6. The largest absolute Gasteiger partial charge is 0.573 e. The van der Waals surface area contributed by atoms with Crippen molar-refractivity contribution in [2.45, 2.75) is 25.9 Å². The van der Waals surface area contributed by atoms with Gasteiger partial charge < -0.3 is 14.6 Å². The van der Waals surface area contributed by atoms with Crippen LogP contribution >= 0.6 is 0 Å². The molecule has 2 heterocycles. The van der Waals surface area contributed by atoms with Crippen molar-refractivity contribution in [3.8, 4) is 11.5 Å². The van der Waals surface area contributed by atoms with Crippen LogP contribution in [0.25, 0.3) is 5.76 Å². The zero-order valence-electron chi connectivity index (χ0n) is 21.6. The van der Waals surface area contributed by atoms with Gasteiger partial charge in [-0.1, -0.05) is 36.4 Å². The first kappa shape index (κ1) is 27.4. The van der Waals surface area contributed by atoms with E-state index in [9.17, 15) is 27.9 Å². The predicted octanol–water partition coefficient (Wildman–Crippen LogP) is 6.49. The molecule has 1 atom stereocenters. The zero-order valence-corrected chi connectivity index (χ0v) is 21.6. The van der Waals surface area contributed by atoms with Gasteiger partial charge in [0, 0.05) is 29.7 Å². The SMILES string of the molecule is Cc1cc(/C(O)=C2\C(=O)C(=O)N(c3cccc(OC(F)(F)F)c3)C2c2ccncc2)ccc1OCc1ccccc1. The summed E-state index contributed by atoms with van der Waals surface area (Å²) in [6.07, 6.45) is -2.06. The molecular formula is C31H23F3N2O5. The molecule has 1 N–H and O–H groups in total. The molecule has 0 bridgehead atoms. The summed E-state index contributed by atoms with van der Waals surface area (Å²) in [6, 6.07) is 21.1. The number of aryl methyl sites for hydroxylation is 1. The number of alkyl halides is 3. The van der Waals surface area contributed by atoms with Crippen molar-refractivity contribution in [2.75, 3.05) is 4.90 Å². The van der Waals surface area contributed by atoms with Crippen LogP contribution in [0.2, 0.25) is 0 Å². The molecule has 1 unspecified atom stereocenters. The highest BCUT2D eigenvalue weighted by atomic mass is 19.4. The van der Waals surface area contributed by atoms with Gasteiger partial charge in [0.2, 0.25) is 0 Å². The quantitative estimate of drug-likeness (QED) is 0.158. The molecule has 3 aromatic carbocycles. The minimum Gasteiger partial charge on any atom is -0.507 e. The van der Waals surface area contributed by atoms with Gasteiger partial charge in [-0.3, -0.25) is 19.5 Å². The third-order valence-corrected chi connectivity index (χ3v) is 6.48. The first-order chi connectivity index (χ1) is 19.6. The van der Waals surface area contributed by atoms with Crippen molar-refractivity contribution in [1.82, 2.24) is 4.98 Å². The number of pyridine rings is 1. The van der Waals surface area contributed by atoms with Crippen molar-refractivity contribution in [1.29, 1.82) is 0 Å². The second-order valence-corrected chi connectivity index (χ2v) is 9.25. The van der Waals surface area contributed by atoms with Crippen molar-refractivity contribution in [3.63, 3.8) is 0 Å². The van der Waals surface area contributed by atoms with Gasteiger partial charge in [-0.05, 0) is 66.1 Å². The lowest BCUT2D eigenvalue weighted by Crippen LogP contribution is -2.29. The average molecular weight is 561 g/mol. The topological polar surface area (TPSA) is 89.0 Å². The second kappa shape index (κ2) is 11.2. The number of ether oxygens (including phenoxy) is 2. The monoisotopic (exact) mass is 560 g/mol. The number of Topliss-reactive ketones (excluding diaryl/α,β-unsaturated/α-hetero) is 1. The lowest BCUT2D eigenvalue weighted by atomic mass is 9.95. The van der Waals surface area contributed by atoms with Crippen LogP contribution in [-0.4, -0.2) is 28.1 Å². The molecule has 0 spiro atoms. The number of hydrogen-bond donors (Lipinski definition) is 1. The van der Waals surface area contributed by atoms with Crippen molar-refractivity contribution in [2.24, 2.45) is 0 Å². The number of anilines is 1. The van der Waals surface area contributed by atoms with E-state index in [4.69, 9.17) is 4.74 Å². The number of carbonyl (C=O) groups is 2. The fourth-order valence-electron chi connectivity index (χ4n) is 4.64. The average Bonchev–Trinajstić information content (AvgIpc) is 3.22. The van der Waals surface area contributed by atoms with E-state index in [0.29, 0.717) is 23.5 Å². The van der Waals surface area contributed by atoms with Gasteiger partial charge in [0.25, 0.3) is 11.7 Å². The van der Waals surface area contributed by atoms with Crippen LogP contribution in [-0.2, 0) is 16.2 Å².